The Labute approximate surface area is 148 Å². The van der Waals surface area contributed by atoms with Crippen LogP contribution in [-0.4, -0.2) is 10.9 Å². The molecule has 0 saturated heterocycles. The largest absolute Gasteiger partial charge is 0.380 e. The molecule has 4 heteroatoms. The molecule has 0 fully saturated rings. The van der Waals surface area contributed by atoms with Crippen LogP contribution in [0.3, 0.4) is 0 Å². The van der Waals surface area contributed by atoms with Gasteiger partial charge < -0.3 is 10.6 Å². The van der Waals surface area contributed by atoms with Crippen molar-refractivity contribution in [2.24, 2.45) is 0 Å². The van der Waals surface area contributed by atoms with E-state index in [0.717, 1.165) is 40.0 Å². The quantitative estimate of drug-likeness (QED) is 0.713. The average molecular weight is 333 g/mol. The molecule has 0 aliphatic rings. The number of amides is 1. The number of aromatic nitrogens is 1. The summed E-state index contributed by atoms with van der Waals surface area (Å²) in [6.07, 6.45) is 0.906. The third-order valence-corrected chi connectivity index (χ3v) is 4.29. The summed E-state index contributed by atoms with van der Waals surface area (Å²) in [4.78, 5) is 16.0. The van der Waals surface area contributed by atoms with Crippen molar-refractivity contribution < 1.29 is 4.79 Å². The van der Waals surface area contributed by atoms with Crippen molar-refractivity contribution in [2.75, 3.05) is 10.6 Å². The first-order chi connectivity index (χ1) is 12.1. The molecule has 25 heavy (non-hydrogen) atoms. The molecule has 0 aliphatic heterocycles. The SMILES string of the molecule is CCc1nc2ccccc2c(NCc2cccc(NC(C)=O)c2)c1C. The third kappa shape index (κ3) is 3.79. The van der Waals surface area contributed by atoms with Gasteiger partial charge in [-0.2, -0.15) is 0 Å². The lowest BCUT2D eigenvalue weighted by molar-refractivity contribution is -0.114. The maximum Gasteiger partial charge on any atom is 0.221 e. The average Bonchev–Trinajstić information content (AvgIpc) is 2.60. The van der Waals surface area contributed by atoms with Crippen molar-refractivity contribution in [3.63, 3.8) is 0 Å². The number of pyridine rings is 1. The minimum atomic E-state index is -0.0614. The van der Waals surface area contributed by atoms with Crippen molar-refractivity contribution in [3.05, 3.63) is 65.4 Å². The van der Waals surface area contributed by atoms with Gasteiger partial charge in [0.25, 0.3) is 0 Å². The smallest absolute Gasteiger partial charge is 0.221 e. The number of carbonyl (C=O) groups excluding carboxylic acids is 1. The van der Waals surface area contributed by atoms with E-state index in [9.17, 15) is 4.79 Å². The van der Waals surface area contributed by atoms with Gasteiger partial charge in [0.2, 0.25) is 5.91 Å². The van der Waals surface area contributed by atoms with E-state index in [1.165, 1.54) is 12.5 Å². The molecular weight excluding hydrogens is 310 g/mol. The van der Waals surface area contributed by atoms with Gasteiger partial charge in [0.15, 0.2) is 0 Å². The summed E-state index contributed by atoms with van der Waals surface area (Å²) in [5.74, 6) is -0.0614. The number of para-hydroxylation sites is 1. The first-order valence-corrected chi connectivity index (χ1v) is 8.57. The number of hydrogen-bond donors (Lipinski definition) is 2. The van der Waals surface area contributed by atoms with Gasteiger partial charge in [0, 0.05) is 35.9 Å². The number of benzene rings is 2. The highest BCUT2D eigenvalue weighted by atomic mass is 16.1. The number of carbonyl (C=O) groups is 1. The lowest BCUT2D eigenvalue weighted by atomic mass is 10.0. The van der Waals surface area contributed by atoms with Gasteiger partial charge in [-0.3, -0.25) is 9.78 Å². The van der Waals surface area contributed by atoms with Crippen LogP contribution in [0, 0.1) is 6.92 Å². The Morgan fingerprint density at radius 2 is 1.92 bits per heavy atom. The van der Waals surface area contributed by atoms with Gasteiger partial charge in [-0.1, -0.05) is 37.3 Å². The summed E-state index contributed by atoms with van der Waals surface area (Å²) < 4.78 is 0. The highest BCUT2D eigenvalue weighted by Gasteiger charge is 2.10. The summed E-state index contributed by atoms with van der Waals surface area (Å²) in [5.41, 5.74) is 6.39. The van der Waals surface area contributed by atoms with E-state index in [4.69, 9.17) is 4.98 Å². The molecule has 0 spiro atoms. The van der Waals surface area contributed by atoms with E-state index in [1.807, 2.05) is 30.3 Å². The van der Waals surface area contributed by atoms with Crippen molar-refractivity contribution >= 4 is 28.2 Å². The Balaban J connectivity index is 1.91. The molecule has 0 bridgehead atoms. The van der Waals surface area contributed by atoms with Crippen LogP contribution in [0.25, 0.3) is 10.9 Å². The Morgan fingerprint density at radius 1 is 1.12 bits per heavy atom. The predicted molar refractivity (Wildman–Crippen MR) is 104 cm³/mol. The zero-order valence-electron chi connectivity index (χ0n) is 14.9. The Kier molecular flexibility index (Phi) is 4.98. The second kappa shape index (κ2) is 7.34. The highest BCUT2D eigenvalue weighted by molar-refractivity contribution is 5.93. The van der Waals surface area contributed by atoms with Crippen LogP contribution >= 0.6 is 0 Å². The first kappa shape index (κ1) is 17.0. The van der Waals surface area contributed by atoms with Crippen LogP contribution in [0.4, 0.5) is 11.4 Å². The zero-order chi connectivity index (χ0) is 17.8. The summed E-state index contributed by atoms with van der Waals surface area (Å²) in [6.45, 7) is 6.45. The topological polar surface area (TPSA) is 54.0 Å². The standard InChI is InChI=1S/C21H23N3O/c1-4-19-14(2)21(18-10-5-6-11-20(18)24-19)22-13-16-8-7-9-17(12-16)23-15(3)25/h5-12H,4,13H2,1-3H3,(H,22,24)(H,23,25). The molecule has 0 unspecified atom stereocenters. The molecule has 2 N–H and O–H groups in total. The molecule has 1 heterocycles. The third-order valence-electron chi connectivity index (χ3n) is 4.29. The number of nitrogens with one attached hydrogen (secondary N) is 2. The second-order valence-corrected chi connectivity index (χ2v) is 6.16. The number of aryl methyl sites for hydroxylation is 1. The van der Waals surface area contributed by atoms with Crippen LogP contribution in [0.5, 0.6) is 0 Å². The number of rotatable bonds is 5. The molecule has 4 nitrogen and oxygen atoms in total. The molecule has 0 atom stereocenters. The Hall–Kier alpha value is -2.88. The fourth-order valence-corrected chi connectivity index (χ4v) is 3.08. The molecule has 0 radical (unpaired) electrons. The molecule has 128 valence electrons. The Morgan fingerprint density at radius 3 is 2.68 bits per heavy atom. The van der Waals surface area contributed by atoms with Gasteiger partial charge in [0.05, 0.1) is 5.52 Å². The number of nitrogens with zero attached hydrogens (tertiary/aromatic N) is 1. The zero-order valence-corrected chi connectivity index (χ0v) is 14.9. The lowest BCUT2D eigenvalue weighted by Crippen LogP contribution is -2.08. The summed E-state index contributed by atoms with van der Waals surface area (Å²) in [5, 5.41) is 7.54. The molecule has 1 aromatic heterocycles. The van der Waals surface area contributed by atoms with Crippen molar-refractivity contribution in [3.8, 4) is 0 Å². The second-order valence-electron chi connectivity index (χ2n) is 6.16. The monoisotopic (exact) mass is 333 g/mol. The van der Waals surface area contributed by atoms with Crippen LogP contribution in [0.1, 0.15) is 30.7 Å². The molecule has 0 aliphatic carbocycles. The minimum Gasteiger partial charge on any atom is -0.380 e. The lowest BCUT2D eigenvalue weighted by Gasteiger charge is -2.16. The molecule has 2 aromatic carbocycles. The van der Waals surface area contributed by atoms with Gasteiger partial charge in [-0.05, 0) is 42.7 Å². The minimum absolute atomic E-state index is 0.0614. The van der Waals surface area contributed by atoms with Crippen molar-refractivity contribution in [2.45, 2.75) is 33.7 Å². The molecule has 3 aromatic rings. The normalized spacial score (nSPS) is 10.7. The summed E-state index contributed by atoms with van der Waals surface area (Å²) in [7, 11) is 0. The van der Waals surface area contributed by atoms with Crippen LogP contribution in [0.15, 0.2) is 48.5 Å². The Bertz CT molecular complexity index is 918. The van der Waals surface area contributed by atoms with Crippen LogP contribution in [0.2, 0.25) is 0 Å². The molecule has 3 rings (SSSR count). The fraction of sp³-hybridized carbons (Fsp3) is 0.238. The van der Waals surface area contributed by atoms with Gasteiger partial charge in [-0.25, -0.2) is 0 Å². The van der Waals surface area contributed by atoms with E-state index in [0.29, 0.717) is 6.54 Å². The van der Waals surface area contributed by atoms with Crippen molar-refractivity contribution in [1.82, 2.24) is 4.98 Å². The maximum absolute atomic E-state index is 11.2. The van der Waals surface area contributed by atoms with E-state index < -0.39 is 0 Å². The van der Waals surface area contributed by atoms with Crippen molar-refractivity contribution in [1.29, 1.82) is 0 Å². The van der Waals surface area contributed by atoms with Crippen LogP contribution in [-0.2, 0) is 17.8 Å². The van der Waals surface area contributed by atoms with Gasteiger partial charge >= 0.3 is 0 Å². The van der Waals surface area contributed by atoms with E-state index in [-0.39, 0.29) is 5.91 Å². The van der Waals surface area contributed by atoms with Gasteiger partial charge in [-0.15, -0.1) is 0 Å². The highest BCUT2D eigenvalue weighted by Crippen LogP contribution is 2.29. The summed E-state index contributed by atoms with van der Waals surface area (Å²) >= 11 is 0. The van der Waals surface area contributed by atoms with Crippen LogP contribution < -0.4 is 10.6 Å². The van der Waals surface area contributed by atoms with E-state index >= 15 is 0 Å². The summed E-state index contributed by atoms with van der Waals surface area (Å²) in [6, 6.07) is 16.1. The predicted octanol–water partition coefficient (Wildman–Crippen LogP) is 4.68. The number of fused-ring (bicyclic) bond motifs is 1. The fourth-order valence-electron chi connectivity index (χ4n) is 3.08. The first-order valence-electron chi connectivity index (χ1n) is 8.57. The number of hydrogen-bond acceptors (Lipinski definition) is 3. The molecule has 1 amide bonds. The van der Waals surface area contributed by atoms with Gasteiger partial charge in [0.1, 0.15) is 0 Å². The maximum atomic E-state index is 11.2. The molecule has 0 saturated carbocycles. The number of anilines is 2. The van der Waals surface area contributed by atoms with E-state index in [2.05, 4.69) is 42.7 Å². The van der Waals surface area contributed by atoms with E-state index in [1.54, 1.807) is 0 Å². The molecular formula is C21H23N3O.